The first kappa shape index (κ1) is 18.3. The van der Waals surface area contributed by atoms with E-state index in [4.69, 9.17) is 0 Å². The van der Waals surface area contributed by atoms with Gasteiger partial charge < -0.3 is 9.80 Å². The molecule has 0 N–H and O–H groups in total. The fraction of sp³-hybridized carbons (Fsp3) is 0.150. The molecule has 1 amide bonds. The third-order valence-electron chi connectivity index (χ3n) is 5.24. The monoisotopic (exact) mass is 421 g/mol. The highest BCUT2D eigenvalue weighted by atomic mass is 32.1. The minimum Gasteiger partial charge on any atom is -0.333 e. The van der Waals surface area contributed by atoms with Crippen molar-refractivity contribution in [1.82, 2.24) is 4.57 Å². The van der Waals surface area contributed by atoms with Crippen LogP contribution in [-0.4, -0.2) is 29.1 Å². The van der Waals surface area contributed by atoms with Crippen LogP contribution in [0.5, 0.6) is 0 Å². The Morgan fingerprint density at radius 3 is 2.73 bits per heavy atom. The first-order chi connectivity index (χ1) is 14.5. The second-order valence-electron chi connectivity index (χ2n) is 6.96. The van der Waals surface area contributed by atoms with Gasteiger partial charge in [0.1, 0.15) is 17.9 Å². The quantitative estimate of drug-likeness (QED) is 0.455. The van der Waals surface area contributed by atoms with Crippen LogP contribution in [0.1, 0.15) is 5.56 Å². The summed E-state index contributed by atoms with van der Waals surface area (Å²) in [6, 6.07) is 13.6. The van der Waals surface area contributed by atoms with Gasteiger partial charge in [0.15, 0.2) is 4.80 Å². The van der Waals surface area contributed by atoms with Crippen molar-refractivity contribution in [1.29, 1.82) is 0 Å². The van der Waals surface area contributed by atoms with Gasteiger partial charge in [0.2, 0.25) is 0 Å². The number of para-hydroxylation sites is 1. The normalized spacial score (nSPS) is 16.9. The van der Waals surface area contributed by atoms with E-state index in [0.717, 1.165) is 11.3 Å². The molecule has 1 aromatic heterocycles. The number of nitro benzene ring substituents is 1. The van der Waals surface area contributed by atoms with E-state index in [1.54, 1.807) is 29.0 Å². The Morgan fingerprint density at radius 2 is 1.93 bits per heavy atom. The summed E-state index contributed by atoms with van der Waals surface area (Å²) in [5.41, 5.74) is 2.18. The highest BCUT2D eigenvalue weighted by Gasteiger charge is 2.32. The summed E-state index contributed by atoms with van der Waals surface area (Å²) in [5, 5.41) is 11.1. The van der Waals surface area contributed by atoms with E-state index in [1.165, 1.54) is 28.0 Å². The van der Waals surface area contributed by atoms with Crippen LogP contribution in [0.25, 0.3) is 5.57 Å². The molecule has 0 radical (unpaired) electrons. The Bertz CT molecular complexity index is 1410. The number of aromatic nitrogens is 1. The highest BCUT2D eigenvalue weighted by Crippen LogP contribution is 2.33. The summed E-state index contributed by atoms with van der Waals surface area (Å²) < 4.78 is 1.86. The van der Waals surface area contributed by atoms with E-state index in [9.17, 15) is 19.7 Å². The van der Waals surface area contributed by atoms with Crippen molar-refractivity contribution in [2.24, 2.45) is 4.99 Å². The van der Waals surface area contributed by atoms with Crippen LogP contribution < -0.4 is 24.7 Å². The van der Waals surface area contributed by atoms with Gasteiger partial charge in [-0.2, -0.15) is 0 Å². The molecule has 0 aliphatic carbocycles. The number of amides is 1. The number of rotatable bonds is 2. The third-order valence-corrected chi connectivity index (χ3v) is 6.35. The molecule has 0 atom stereocenters. The number of non-ortho nitro benzene ring substituents is 1. The number of fused-ring (bicyclic) bond motifs is 2. The molecule has 0 bridgehead atoms. The van der Waals surface area contributed by atoms with Crippen molar-refractivity contribution < 1.29 is 9.72 Å². The predicted molar refractivity (Wildman–Crippen MR) is 112 cm³/mol. The number of carbonyl (C=O) groups excluding carboxylic acids is 1. The standard InChI is InChI=1S/C20H15N5O4S/c1-22-15-8-3-2-7-14(15)16(18(22)26)17-19(27)24-11-23(10-21-20(24)30-17)12-5-4-6-13(9-12)25(28)29/h2-9H,10-11H2,1H3/b17-16-. The van der Waals surface area contributed by atoms with Crippen molar-refractivity contribution in [3.8, 4) is 0 Å². The fourth-order valence-electron chi connectivity index (χ4n) is 3.72. The maximum atomic E-state index is 13.2. The average Bonchev–Trinajstić information content (AvgIpc) is 3.21. The SMILES string of the molecule is CN1C(=O)/C(=c2\sc3n(c2=O)CN(c2cccc([N+](=O)[O-])c2)CN=3)c2ccccc21. The molecule has 0 fully saturated rings. The molecule has 2 aliphatic rings. The van der Waals surface area contributed by atoms with Crippen LogP contribution >= 0.6 is 11.3 Å². The van der Waals surface area contributed by atoms with Crippen LogP contribution in [0.3, 0.4) is 0 Å². The molecular formula is C20H15N5O4S. The van der Waals surface area contributed by atoms with Gasteiger partial charge in [-0.05, 0) is 12.1 Å². The minimum atomic E-state index is -0.457. The smallest absolute Gasteiger partial charge is 0.272 e. The number of thiazole rings is 1. The largest absolute Gasteiger partial charge is 0.333 e. The number of carbonyl (C=O) groups is 1. The lowest BCUT2D eigenvalue weighted by molar-refractivity contribution is -0.384. The number of nitrogens with zero attached hydrogens (tertiary/aromatic N) is 5. The number of hydrogen-bond donors (Lipinski definition) is 0. The topological polar surface area (TPSA) is 101 Å². The van der Waals surface area contributed by atoms with E-state index >= 15 is 0 Å². The molecule has 2 aliphatic heterocycles. The fourth-order valence-corrected chi connectivity index (χ4v) is 4.77. The molecule has 150 valence electrons. The summed E-state index contributed by atoms with van der Waals surface area (Å²) >= 11 is 1.20. The summed E-state index contributed by atoms with van der Waals surface area (Å²) in [6.07, 6.45) is 0. The Balaban J connectivity index is 1.62. The summed E-state index contributed by atoms with van der Waals surface area (Å²) in [4.78, 5) is 45.0. The minimum absolute atomic E-state index is 0.0246. The molecule has 0 saturated heterocycles. The number of hydrogen-bond acceptors (Lipinski definition) is 7. The molecule has 0 spiro atoms. The van der Waals surface area contributed by atoms with Gasteiger partial charge in [0, 0.05) is 30.4 Å². The molecule has 9 nitrogen and oxygen atoms in total. The molecule has 0 unspecified atom stereocenters. The second kappa shape index (κ2) is 6.63. The van der Waals surface area contributed by atoms with Crippen LogP contribution in [0.2, 0.25) is 0 Å². The van der Waals surface area contributed by atoms with Crippen molar-refractivity contribution in [3.05, 3.63) is 83.9 Å². The van der Waals surface area contributed by atoms with E-state index in [2.05, 4.69) is 4.99 Å². The molecule has 3 aromatic rings. The van der Waals surface area contributed by atoms with Crippen LogP contribution in [0.15, 0.2) is 58.3 Å². The van der Waals surface area contributed by atoms with Crippen LogP contribution in [0.4, 0.5) is 17.1 Å². The van der Waals surface area contributed by atoms with E-state index in [1.807, 2.05) is 24.3 Å². The molecular weight excluding hydrogens is 406 g/mol. The number of benzene rings is 2. The van der Waals surface area contributed by atoms with Crippen LogP contribution in [0, 0.1) is 10.1 Å². The number of anilines is 2. The Kier molecular flexibility index (Phi) is 4.03. The summed E-state index contributed by atoms with van der Waals surface area (Å²) in [7, 11) is 1.69. The Labute approximate surface area is 173 Å². The number of nitro groups is 1. The first-order valence-corrected chi connectivity index (χ1v) is 9.92. The maximum Gasteiger partial charge on any atom is 0.272 e. The molecule has 30 heavy (non-hydrogen) atoms. The van der Waals surface area contributed by atoms with Crippen LogP contribution in [-0.2, 0) is 11.5 Å². The molecule has 3 heterocycles. The average molecular weight is 421 g/mol. The molecule has 10 heteroatoms. The lowest BCUT2D eigenvalue weighted by Gasteiger charge is -2.25. The second-order valence-corrected chi connectivity index (χ2v) is 7.94. The Hall–Kier alpha value is -3.79. The molecule has 2 aromatic carbocycles. The zero-order valence-corrected chi connectivity index (χ0v) is 16.6. The highest BCUT2D eigenvalue weighted by molar-refractivity contribution is 7.07. The van der Waals surface area contributed by atoms with Crippen molar-refractivity contribution in [3.63, 3.8) is 0 Å². The lowest BCUT2D eigenvalue weighted by atomic mass is 10.1. The van der Waals surface area contributed by atoms with Gasteiger partial charge in [0.25, 0.3) is 17.2 Å². The zero-order chi connectivity index (χ0) is 21.0. The van der Waals surface area contributed by atoms with E-state index in [0.29, 0.717) is 20.6 Å². The van der Waals surface area contributed by atoms with Crippen molar-refractivity contribution >= 4 is 39.9 Å². The third kappa shape index (κ3) is 2.65. The van der Waals surface area contributed by atoms with E-state index < -0.39 is 4.92 Å². The molecule has 0 saturated carbocycles. The van der Waals surface area contributed by atoms with Gasteiger partial charge in [-0.25, -0.2) is 4.99 Å². The van der Waals surface area contributed by atoms with Gasteiger partial charge >= 0.3 is 0 Å². The predicted octanol–water partition coefficient (Wildman–Crippen LogP) is 1.05. The van der Waals surface area contributed by atoms with Gasteiger partial charge in [0.05, 0.1) is 16.2 Å². The van der Waals surface area contributed by atoms with Gasteiger partial charge in [-0.1, -0.05) is 35.6 Å². The number of likely N-dealkylation sites (N-methyl/N-ethyl adjacent to an activating group) is 1. The van der Waals surface area contributed by atoms with Gasteiger partial charge in [-0.15, -0.1) is 0 Å². The zero-order valence-electron chi connectivity index (χ0n) is 15.8. The molecule has 5 rings (SSSR count). The summed E-state index contributed by atoms with van der Waals surface area (Å²) in [6.45, 7) is 0.467. The Morgan fingerprint density at radius 1 is 1.13 bits per heavy atom. The van der Waals surface area contributed by atoms with Gasteiger partial charge in [-0.3, -0.25) is 24.3 Å². The maximum absolute atomic E-state index is 13.2. The van der Waals surface area contributed by atoms with Crippen molar-refractivity contribution in [2.45, 2.75) is 6.67 Å². The first-order valence-electron chi connectivity index (χ1n) is 9.11. The lowest BCUT2D eigenvalue weighted by Crippen LogP contribution is -2.43. The van der Waals surface area contributed by atoms with Crippen molar-refractivity contribution in [2.75, 3.05) is 23.5 Å². The summed E-state index contributed by atoms with van der Waals surface area (Å²) in [5.74, 6) is -0.219. The van der Waals surface area contributed by atoms with E-state index in [-0.39, 0.29) is 30.5 Å².